The molecule has 27 heavy (non-hydrogen) atoms. The van der Waals surface area contributed by atoms with Gasteiger partial charge in [-0.25, -0.2) is 8.42 Å². The van der Waals surface area contributed by atoms with Gasteiger partial charge in [0.05, 0.1) is 19.8 Å². The fourth-order valence-corrected chi connectivity index (χ4v) is 4.67. The van der Waals surface area contributed by atoms with Crippen LogP contribution in [0.1, 0.15) is 26.2 Å². The maximum Gasteiger partial charge on any atom is 0.512 e. The smallest absolute Gasteiger partial charge is 0.379 e. The highest BCUT2D eigenvalue weighted by Crippen LogP contribution is 2.29. The molecule has 0 bridgehead atoms. The molecule has 1 saturated heterocycles. The first-order valence-electron chi connectivity index (χ1n) is 8.27. The van der Waals surface area contributed by atoms with E-state index in [9.17, 15) is 30.0 Å². The number of hydrogen-bond donors (Lipinski definition) is 1. The van der Waals surface area contributed by atoms with Gasteiger partial charge in [0.15, 0.2) is 0 Å². The first kappa shape index (κ1) is 24.5. The summed E-state index contributed by atoms with van der Waals surface area (Å²) in [4.78, 5) is 0. The zero-order valence-electron chi connectivity index (χ0n) is 15.1. The van der Waals surface area contributed by atoms with E-state index < -0.39 is 48.7 Å². The Hall–Kier alpha value is -0.510. The molecule has 14 heteroatoms. The Morgan fingerprint density at radius 1 is 1.19 bits per heavy atom. The van der Waals surface area contributed by atoms with Crippen LogP contribution >= 0.6 is 0 Å². The van der Waals surface area contributed by atoms with E-state index in [-0.39, 0.29) is 12.5 Å². The molecule has 1 N–H and O–H groups in total. The average Bonchev–Trinajstić information content (AvgIpc) is 3.37. The Balaban J connectivity index is 2.54. The van der Waals surface area contributed by atoms with E-state index in [0.717, 1.165) is 0 Å². The Bertz CT molecular complexity index is 651. The number of sulfonamides is 1. The van der Waals surface area contributed by atoms with Gasteiger partial charge < -0.3 is 14.8 Å². The van der Waals surface area contributed by atoms with E-state index in [0.29, 0.717) is 32.7 Å². The largest absolute Gasteiger partial charge is 0.512 e. The number of nitrogens with zero attached hydrogens (tertiary/aromatic N) is 1. The SMILES string of the molecule is CNC(C)CN(S(=O)(=O)OCCCCCOCC1CO1)S(=O)(=O)C(F)(F)F. The van der Waals surface area contributed by atoms with E-state index in [4.69, 9.17) is 9.47 Å². The van der Waals surface area contributed by atoms with Crippen molar-refractivity contribution in [1.29, 1.82) is 0 Å². The second kappa shape index (κ2) is 10.3. The van der Waals surface area contributed by atoms with Crippen molar-refractivity contribution >= 4 is 20.3 Å². The van der Waals surface area contributed by atoms with Gasteiger partial charge in [0.25, 0.3) is 0 Å². The highest BCUT2D eigenvalue weighted by Gasteiger charge is 2.54. The van der Waals surface area contributed by atoms with Gasteiger partial charge in [-0.05, 0) is 33.2 Å². The molecule has 1 rings (SSSR count). The molecule has 0 radical (unpaired) electrons. The molecule has 0 aromatic rings. The first-order valence-corrected chi connectivity index (χ1v) is 11.1. The number of hydrogen-bond acceptors (Lipinski definition) is 8. The van der Waals surface area contributed by atoms with Crippen LogP contribution < -0.4 is 5.32 Å². The molecular weight excluding hydrogens is 417 g/mol. The number of ether oxygens (including phenoxy) is 2. The Morgan fingerprint density at radius 3 is 2.30 bits per heavy atom. The summed E-state index contributed by atoms with van der Waals surface area (Å²) in [6.45, 7) is 1.54. The first-order chi connectivity index (χ1) is 12.4. The molecule has 1 heterocycles. The highest BCUT2D eigenvalue weighted by atomic mass is 32.3. The third-order valence-electron chi connectivity index (χ3n) is 3.60. The minimum atomic E-state index is -6.11. The van der Waals surface area contributed by atoms with E-state index in [1.165, 1.54) is 14.0 Å². The fraction of sp³-hybridized carbons (Fsp3) is 1.00. The number of epoxide rings is 1. The predicted molar refractivity (Wildman–Crippen MR) is 89.5 cm³/mol. The third kappa shape index (κ3) is 8.17. The summed E-state index contributed by atoms with van der Waals surface area (Å²) in [5.41, 5.74) is -5.76. The van der Waals surface area contributed by atoms with Crippen LogP contribution in [0.2, 0.25) is 0 Å². The number of rotatable bonds is 14. The van der Waals surface area contributed by atoms with Crippen molar-refractivity contribution in [3.8, 4) is 0 Å². The van der Waals surface area contributed by atoms with Crippen molar-refractivity contribution in [2.75, 3.05) is 40.0 Å². The summed E-state index contributed by atoms with van der Waals surface area (Å²) in [7, 11) is -9.89. The van der Waals surface area contributed by atoms with Gasteiger partial charge in [0, 0.05) is 19.2 Å². The molecule has 1 aliphatic rings. The lowest BCUT2D eigenvalue weighted by atomic mass is 10.2. The average molecular weight is 442 g/mol. The Morgan fingerprint density at radius 2 is 1.78 bits per heavy atom. The Labute approximate surface area is 157 Å². The zero-order chi connectivity index (χ0) is 20.7. The van der Waals surface area contributed by atoms with Crippen LogP contribution in [0.3, 0.4) is 0 Å². The molecule has 9 nitrogen and oxygen atoms in total. The normalized spacial score (nSPS) is 19.4. The van der Waals surface area contributed by atoms with Crippen LogP contribution in [0, 0.1) is 0 Å². The van der Waals surface area contributed by atoms with E-state index in [2.05, 4.69) is 9.50 Å². The monoisotopic (exact) mass is 442 g/mol. The van der Waals surface area contributed by atoms with E-state index in [1.807, 2.05) is 0 Å². The maximum atomic E-state index is 12.8. The van der Waals surface area contributed by atoms with Crippen molar-refractivity contribution in [2.24, 2.45) is 0 Å². The second-order valence-electron chi connectivity index (χ2n) is 5.97. The van der Waals surface area contributed by atoms with Gasteiger partial charge in [0.2, 0.25) is 0 Å². The van der Waals surface area contributed by atoms with Crippen LogP contribution in [-0.4, -0.2) is 78.2 Å². The van der Waals surface area contributed by atoms with Crippen LogP contribution in [0.15, 0.2) is 0 Å². The van der Waals surface area contributed by atoms with Crippen LogP contribution in [0.5, 0.6) is 0 Å². The third-order valence-corrected chi connectivity index (χ3v) is 7.12. The number of halogens is 3. The molecule has 0 amide bonds. The van der Waals surface area contributed by atoms with Crippen LogP contribution in [0.4, 0.5) is 13.2 Å². The fourth-order valence-electron chi connectivity index (χ4n) is 1.82. The van der Waals surface area contributed by atoms with Crippen molar-refractivity contribution in [3.05, 3.63) is 0 Å². The maximum absolute atomic E-state index is 12.8. The van der Waals surface area contributed by atoms with E-state index >= 15 is 0 Å². The minimum absolute atomic E-state index is 0.139. The van der Waals surface area contributed by atoms with Gasteiger partial charge >= 0.3 is 25.8 Å². The van der Waals surface area contributed by atoms with Gasteiger partial charge in [-0.2, -0.15) is 21.6 Å². The van der Waals surface area contributed by atoms with E-state index in [1.54, 1.807) is 0 Å². The molecule has 0 spiro atoms. The summed E-state index contributed by atoms with van der Waals surface area (Å²) in [5, 5.41) is 2.48. The van der Waals surface area contributed by atoms with Crippen molar-refractivity contribution in [3.63, 3.8) is 0 Å². The van der Waals surface area contributed by atoms with Crippen molar-refractivity contribution in [2.45, 2.75) is 43.8 Å². The number of nitrogens with one attached hydrogen (secondary N) is 1. The summed E-state index contributed by atoms with van der Waals surface area (Å²) in [6.07, 6.45) is 1.45. The summed E-state index contributed by atoms with van der Waals surface area (Å²) < 4.78 is 99.8. The molecule has 1 fully saturated rings. The number of likely N-dealkylation sites (N-methyl/N-ethyl adjacent to an activating group) is 1. The molecule has 0 aromatic heterocycles. The topological polar surface area (TPSA) is 115 Å². The van der Waals surface area contributed by atoms with Crippen molar-refractivity contribution in [1.82, 2.24) is 9.03 Å². The molecule has 2 unspecified atom stereocenters. The van der Waals surface area contributed by atoms with Gasteiger partial charge in [-0.1, -0.05) is 3.71 Å². The summed E-state index contributed by atoms with van der Waals surface area (Å²) in [6, 6.07) is -0.854. The molecule has 1 aliphatic heterocycles. The molecule has 0 aliphatic carbocycles. The summed E-state index contributed by atoms with van der Waals surface area (Å²) >= 11 is 0. The molecule has 0 aromatic carbocycles. The standard InChI is InChI=1S/C13H25F3N2O7S2/c1-11(17-2)8-18(26(19,20)13(14,15)16)27(21,22)25-7-5-3-4-6-23-9-12-10-24-12/h11-12,17H,3-10H2,1-2H3. The highest BCUT2D eigenvalue weighted by molar-refractivity contribution is 8.02. The van der Waals surface area contributed by atoms with Crippen LogP contribution in [0.25, 0.3) is 0 Å². The second-order valence-corrected chi connectivity index (χ2v) is 9.58. The van der Waals surface area contributed by atoms with Crippen molar-refractivity contribution < 1.29 is 43.7 Å². The quantitative estimate of drug-likeness (QED) is 0.307. The van der Waals surface area contributed by atoms with Gasteiger partial charge in [-0.15, -0.1) is 0 Å². The number of unbranched alkanes of at least 4 members (excludes halogenated alkanes) is 2. The lowest BCUT2D eigenvalue weighted by molar-refractivity contribution is -0.0473. The van der Waals surface area contributed by atoms with Crippen LogP contribution in [-0.2, 0) is 34.0 Å². The molecule has 2 atom stereocenters. The molecular formula is C13H25F3N2O7S2. The minimum Gasteiger partial charge on any atom is -0.379 e. The summed E-state index contributed by atoms with van der Waals surface area (Å²) in [5.74, 6) is 0. The Kier molecular flexibility index (Phi) is 9.37. The number of alkyl halides is 3. The zero-order valence-corrected chi connectivity index (χ0v) is 16.7. The van der Waals surface area contributed by atoms with Gasteiger partial charge in [-0.3, -0.25) is 4.18 Å². The molecule has 0 saturated carbocycles. The lowest BCUT2D eigenvalue weighted by Crippen LogP contribution is -2.49. The predicted octanol–water partition coefficient (Wildman–Crippen LogP) is 0.593. The lowest BCUT2D eigenvalue weighted by Gasteiger charge is -2.24. The molecule has 162 valence electrons. The van der Waals surface area contributed by atoms with Gasteiger partial charge in [0.1, 0.15) is 6.10 Å².